The molecule has 11 heteroatoms. The van der Waals surface area contributed by atoms with Crippen LogP contribution in [-0.2, 0) is 4.79 Å². The molecule has 9 nitrogen and oxygen atoms in total. The van der Waals surface area contributed by atoms with Crippen molar-refractivity contribution < 1.29 is 13.6 Å². The number of rotatable bonds is 5. The van der Waals surface area contributed by atoms with Crippen molar-refractivity contribution in [1.82, 2.24) is 35.1 Å². The van der Waals surface area contributed by atoms with Crippen molar-refractivity contribution in [3.05, 3.63) is 72.8 Å². The number of anilines is 1. The lowest BCUT2D eigenvalue weighted by Crippen LogP contribution is -2.13. The van der Waals surface area contributed by atoms with Crippen LogP contribution in [0, 0.1) is 17.6 Å². The van der Waals surface area contributed by atoms with Crippen LogP contribution in [0.3, 0.4) is 0 Å². The molecule has 5 aromatic heterocycles. The van der Waals surface area contributed by atoms with Gasteiger partial charge in [-0.2, -0.15) is 5.10 Å². The van der Waals surface area contributed by atoms with Crippen LogP contribution in [0.15, 0.2) is 61.2 Å². The Morgan fingerprint density at radius 1 is 1.00 bits per heavy atom. The molecule has 186 valence electrons. The number of H-pyrrole nitrogens is 2. The van der Waals surface area contributed by atoms with Crippen LogP contribution in [0.2, 0.25) is 0 Å². The first-order valence-electron chi connectivity index (χ1n) is 12.0. The lowest BCUT2D eigenvalue weighted by Gasteiger charge is -2.08. The van der Waals surface area contributed by atoms with Gasteiger partial charge in [0.1, 0.15) is 28.5 Å². The smallest absolute Gasteiger partial charge is 0.227 e. The summed E-state index contributed by atoms with van der Waals surface area (Å²) < 4.78 is 30.5. The molecule has 1 fully saturated rings. The molecule has 5 heterocycles. The fraction of sp³-hybridized carbons (Fsp3) is 0.111. The van der Waals surface area contributed by atoms with Gasteiger partial charge in [-0.15, -0.1) is 0 Å². The number of fused-ring (bicyclic) bond motifs is 2. The highest BCUT2D eigenvalue weighted by Crippen LogP contribution is 2.35. The molecular weight excluding hydrogens is 490 g/mol. The second kappa shape index (κ2) is 8.51. The van der Waals surface area contributed by atoms with E-state index >= 15 is 4.39 Å². The van der Waals surface area contributed by atoms with Gasteiger partial charge < -0.3 is 10.3 Å². The fourth-order valence-corrected chi connectivity index (χ4v) is 4.47. The van der Waals surface area contributed by atoms with Gasteiger partial charge in [-0.1, -0.05) is 12.1 Å². The van der Waals surface area contributed by atoms with Gasteiger partial charge in [0.15, 0.2) is 11.5 Å². The average Bonchev–Trinajstić information content (AvgIpc) is 3.54. The van der Waals surface area contributed by atoms with E-state index in [-0.39, 0.29) is 39.9 Å². The van der Waals surface area contributed by atoms with E-state index in [4.69, 9.17) is 0 Å². The highest BCUT2D eigenvalue weighted by atomic mass is 19.1. The van der Waals surface area contributed by atoms with Gasteiger partial charge in [0.05, 0.1) is 22.8 Å². The largest absolute Gasteiger partial charge is 0.336 e. The first kappa shape index (κ1) is 22.2. The number of nitrogens with zero attached hydrogens (tertiary/aromatic N) is 5. The monoisotopic (exact) mass is 508 g/mol. The molecule has 1 amide bonds. The molecule has 6 aromatic rings. The summed E-state index contributed by atoms with van der Waals surface area (Å²) in [6.45, 7) is 0. The van der Waals surface area contributed by atoms with Crippen molar-refractivity contribution in [3.8, 4) is 33.9 Å². The van der Waals surface area contributed by atoms with E-state index in [2.05, 4.69) is 40.4 Å². The Bertz CT molecular complexity index is 1870. The highest BCUT2D eigenvalue weighted by Gasteiger charge is 2.29. The standard InChI is InChI=1S/C27H18F2N8O/c28-18-4-2-1-3-16(18)22-23-19(7-8-31-22)34-26(35-23)24-20-21(29)17(12-32-25(20)37-36-24)14-9-15(11-30-10-14)33-27(38)13-5-6-13/h1-4,7-13H,5-6H2,(H,33,38)(H,34,35)(H,32,36,37). The Hall–Kier alpha value is -5.06. The highest BCUT2D eigenvalue weighted by molar-refractivity contribution is 5.97. The third-order valence-electron chi connectivity index (χ3n) is 6.55. The summed E-state index contributed by atoms with van der Waals surface area (Å²) in [5.41, 5.74) is 3.27. The molecule has 7 rings (SSSR count). The maximum atomic E-state index is 16.0. The second-order valence-corrected chi connectivity index (χ2v) is 9.13. The van der Waals surface area contributed by atoms with Crippen LogP contribution in [-0.4, -0.2) is 41.0 Å². The molecule has 1 aliphatic rings. The zero-order chi connectivity index (χ0) is 25.8. The normalized spacial score (nSPS) is 13.3. The van der Waals surface area contributed by atoms with Crippen LogP contribution < -0.4 is 5.32 Å². The van der Waals surface area contributed by atoms with Crippen molar-refractivity contribution in [1.29, 1.82) is 0 Å². The zero-order valence-corrected chi connectivity index (χ0v) is 19.7. The zero-order valence-electron chi connectivity index (χ0n) is 19.7. The topological polar surface area (TPSA) is 125 Å². The lowest BCUT2D eigenvalue weighted by molar-refractivity contribution is -0.117. The van der Waals surface area contributed by atoms with E-state index in [1.807, 2.05) is 0 Å². The van der Waals surface area contributed by atoms with E-state index in [0.717, 1.165) is 12.8 Å². The van der Waals surface area contributed by atoms with Gasteiger partial charge in [0.25, 0.3) is 0 Å². The third kappa shape index (κ3) is 3.67. The van der Waals surface area contributed by atoms with Gasteiger partial charge in [-0.3, -0.25) is 19.9 Å². The van der Waals surface area contributed by atoms with E-state index in [1.165, 1.54) is 24.7 Å². The quantitative estimate of drug-likeness (QED) is 0.292. The minimum absolute atomic E-state index is 0.0276. The molecule has 38 heavy (non-hydrogen) atoms. The predicted molar refractivity (Wildman–Crippen MR) is 137 cm³/mol. The van der Waals surface area contributed by atoms with Crippen molar-refractivity contribution >= 4 is 33.7 Å². The number of carbonyl (C=O) groups is 1. The van der Waals surface area contributed by atoms with Gasteiger partial charge >= 0.3 is 0 Å². The Balaban J connectivity index is 1.33. The Morgan fingerprint density at radius 2 is 1.87 bits per heavy atom. The number of amides is 1. The minimum atomic E-state index is -0.570. The Kier molecular flexibility index (Phi) is 4.96. The molecule has 0 spiro atoms. The third-order valence-corrected chi connectivity index (χ3v) is 6.55. The van der Waals surface area contributed by atoms with Crippen LogP contribution in [0.25, 0.3) is 56.0 Å². The number of aromatic nitrogens is 7. The molecule has 0 saturated heterocycles. The molecule has 1 aromatic carbocycles. The average molecular weight is 508 g/mol. The molecule has 1 aliphatic carbocycles. The molecule has 0 aliphatic heterocycles. The maximum absolute atomic E-state index is 16.0. The van der Waals surface area contributed by atoms with Crippen molar-refractivity contribution in [2.24, 2.45) is 5.92 Å². The molecule has 0 atom stereocenters. The number of halogens is 2. The molecular formula is C27H18F2N8O. The number of nitrogens with one attached hydrogen (secondary N) is 3. The first-order valence-corrected chi connectivity index (χ1v) is 12.0. The Labute approximate surface area is 213 Å². The summed E-state index contributed by atoms with van der Waals surface area (Å²) >= 11 is 0. The SMILES string of the molecule is O=C(Nc1cncc(-c2cnc3[nH]nc(-c4nc5c(-c6ccccc6F)nccc5[nH]4)c3c2F)c1)C1CC1. The number of hydrogen-bond acceptors (Lipinski definition) is 6. The number of hydrogen-bond donors (Lipinski definition) is 3. The van der Waals surface area contributed by atoms with Crippen LogP contribution >= 0.6 is 0 Å². The van der Waals surface area contributed by atoms with Gasteiger partial charge in [0.2, 0.25) is 5.91 Å². The summed E-state index contributed by atoms with van der Waals surface area (Å²) in [7, 11) is 0. The molecule has 1 saturated carbocycles. The predicted octanol–water partition coefficient (Wildman–Crippen LogP) is 5.25. The van der Waals surface area contributed by atoms with E-state index in [0.29, 0.717) is 33.5 Å². The van der Waals surface area contributed by atoms with Crippen molar-refractivity contribution in [2.45, 2.75) is 12.8 Å². The first-order chi connectivity index (χ1) is 18.6. The summed E-state index contributed by atoms with van der Waals surface area (Å²) in [5.74, 6) is -0.757. The maximum Gasteiger partial charge on any atom is 0.227 e. The van der Waals surface area contributed by atoms with Crippen molar-refractivity contribution in [3.63, 3.8) is 0 Å². The number of carbonyl (C=O) groups excluding carboxylic acids is 1. The minimum Gasteiger partial charge on any atom is -0.336 e. The van der Waals surface area contributed by atoms with E-state index in [1.54, 1.807) is 36.5 Å². The summed E-state index contributed by atoms with van der Waals surface area (Å²) in [6, 6.07) is 9.67. The van der Waals surface area contributed by atoms with Gasteiger partial charge in [0, 0.05) is 41.2 Å². The lowest BCUT2D eigenvalue weighted by atomic mass is 10.1. The summed E-state index contributed by atoms with van der Waals surface area (Å²) in [4.78, 5) is 32.8. The summed E-state index contributed by atoms with van der Waals surface area (Å²) in [5, 5.41) is 9.99. The molecule has 0 radical (unpaired) electrons. The Morgan fingerprint density at radius 3 is 2.71 bits per heavy atom. The van der Waals surface area contributed by atoms with Crippen molar-refractivity contribution in [2.75, 3.05) is 5.32 Å². The second-order valence-electron chi connectivity index (χ2n) is 9.13. The summed E-state index contributed by atoms with van der Waals surface area (Å²) in [6.07, 6.45) is 7.71. The molecule has 0 unspecified atom stereocenters. The number of pyridine rings is 3. The van der Waals surface area contributed by atoms with Crippen LogP contribution in [0.4, 0.5) is 14.5 Å². The molecule has 0 bridgehead atoms. The van der Waals surface area contributed by atoms with E-state index in [9.17, 15) is 9.18 Å². The molecule has 3 N–H and O–H groups in total. The number of imidazole rings is 1. The fourth-order valence-electron chi connectivity index (χ4n) is 4.47. The number of aromatic amines is 2. The number of benzene rings is 1. The van der Waals surface area contributed by atoms with Crippen LogP contribution in [0.5, 0.6) is 0 Å². The van der Waals surface area contributed by atoms with Gasteiger partial charge in [-0.05, 0) is 37.1 Å². The van der Waals surface area contributed by atoms with Gasteiger partial charge in [-0.25, -0.2) is 18.7 Å². The van der Waals surface area contributed by atoms with E-state index < -0.39 is 11.6 Å². The van der Waals surface area contributed by atoms with Crippen LogP contribution in [0.1, 0.15) is 12.8 Å².